The Morgan fingerprint density at radius 2 is 1.85 bits per heavy atom. The third-order valence-electron chi connectivity index (χ3n) is 2.94. The molecule has 0 bridgehead atoms. The van der Waals surface area contributed by atoms with Crippen molar-refractivity contribution >= 4 is 17.4 Å². The third-order valence-corrected chi connectivity index (χ3v) is 3.35. The van der Waals surface area contributed by atoms with Gasteiger partial charge in [0.1, 0.15) is 16.7 Å². The molecule has 0 unspecified atom stereocenters. The van der Waals surface area contributed by atoms with Crippen LogP contribution in [0.4, 0.5) is 10.2 Å². The average Bonchev–Trinajstić information content (AvgIpc) is 2.59. The highest BCUT2D eigenvalue weighted by atomic mass is 35.5. The van der Waals surface area contributed by atoms with Crippen molar-refractivity contribution in [1.82, 2.24) is 9.78 Å². The van der Waals surface area contributed by atoms with Gasteiger partial charge in [0.2, 0.25) is 0 Å². The minimum absolute atomic E-state index is 0.0884. The van der Waals surface area contributed by atoms with Gasteiger partial charge in [0, 0.05) is 0 Å². The van der Waals surface area contributed by atoms with Gasteiger partial charge in [-0.25, -0.2) is 9.07 Å². The molecule has 0 radical (unpaired) electrons. The Morgan fingerprint density at radius 1 is 1.25 bits per heavy atom. The molecule has 1 heterocycles. The molecule has 1 aromatic carbocycles. The molecule has 3 nitrogen and oxygen atoms in total. The van der Waals surface area contributed by atoms with Gasteiger partial charge in [0.05, 0.1) is 12.2 Å². The van der Waals surface area contributed by atoms with E-state index in [4.69, 9.17) is 17.3 Å². The molecule has 0 aliphatic heterocycles. The summed E-state index contributed by atoms with van der Waals surface area (Å²) in [6.45, 7) is 6.85. The minimum atomic E-state index is -0.256. The molecule has 0 amide bonds. The SMILES string of the molecule is CC(C)(C)Cc1nn(Cc2ccc(F)cc2)c(N)c1Cl. The fourth-order valence-electron chi connectivity index (χ4n) is 2.00. The number of nitrogen functional groups attached to an aromatic ring is 1. The maximum absolute atomic E-state index is 12.9. The Morgan fingerprint density at radius 3 is 2.40 bits per heavy atom. The summed E-state index contributed by atoms with van der Waals surface area (Å²) in [7, 11) is 0. The molecule has 0 saturated heterocycles. The first kappa shape index (κ1) is 14.9. The number of hydrogen-bond acceptors (Lipinski definition) is 2. The molecule has 20 heavy (non-hydrogen) atoms. The summed E-state index contributed by atoms with van der Waals surface area (Å²) in [6, 6.07) is 6.28. The lowest BCUT2D eigenvalue weighted by molar-refractivity contribution is 0.404. The van der Waals surface area contributed by atoms with Gasteiger partial charge in [0.15, 0.2) is 0 Å². The van der Waals surface area contributed by atoms with Gasteiger partial charge in [0.25, 0.3) is 0 Å². The second-order valence-electron chi connectivity index (χ2n) is 6.17. The summed E-state index contributed by atoms with van der Waals surface area (Å²) in [6.07, 6.45) is 0.756. The van der Waals surface area contributed by atoms with Crippen LogP contribution in [0.2, 0.25) is 5.02 Å². The molecule has 5 heteroatoms. The van der Waals surface area contributed by atoms with E-state index in [9.17, 15) is 4.39 Å². The molecule has 0 atom stereocenters. The minimum Gasteiger partial charge on any atom is -0.383 e. The summed E-state index contributed by atoms with van der Waals surface area (Å²) < 4.78 is 14.6. The molecule has 0 fully saturated rings. The fourth-order valence-corrected chi connectivity index (χ4v) is 2.21. The van der Waals surface area contributed by atoms with Gasteiger partial charge in [-0.05, 0) is 29.5 Å². The normalized spacial score (nSPS) is 11.8. The topological polar surface area (TPSA) is 43.8 Å². The smallest absolute Gasteiger partial charge is 0.141 e. The standard InChI is InChI=1S/C15H19ClFN3/c1-15(2,3)8-12-13(16)14(18)20(19-12)9-10-4-6-11(17)7-5-10/h4-7H,8-9,18H2,1-3H3. The zero-order chi connectivity index (χ0) is 14.9. The summed E-state index contributed by atoms with van der Waals surface area (Å²) >= 11 is 6.24. The Hall–Kier alpha value is -1.55. The maximum atomic E-state index is 12.9. The first-order valence-corrected chi connectivity index (χ1v) is 6.89. The van der Waals surface area contributed by atoms with E-state index < -0.39 is 0 Å². The molecule has 0 aliphatic rings. The van der Waals surface area contributed by atoms with Gasteiger partial charge < -0.3 is 5.73 Å². The number of aromatic nitrogens is 2. The predicted molar refractivity (Wildman–Crippen MR) is 80.3 cm³/mol. The van der Waals surface area contributed by atoms with Gasteiger partial charge in [-0.15, -0.1) is 0 Å². The van der Waals surface area contributed by atoms with Gasteiger partial charge in [-0.1, -0.05) is 44.5 Å². The van der Waals surface area contributed by atoms with E-state index in [1.165, 1.54) is 12.1 Å². The van der Waals surface area contributed by atoms with E-state index in [1.54, 1.807) is 16.8 Å². The van der Waals surface area contributed by atoms with Crippen LogP contribution in [0, 0.1) is 11.2 Å². The number of halogens is 2. The predicted octanol–water partition coefficient (Wildman–Crippen LogP) is 3.89. The molecule has 0 aliphatic carbocycles. The summed E-state index contributed by atoms with van der Waals surface area (Å²) in [5.74, 6) is 0.198. The summed E-state index contributed by atoms with van der Waals surface area (Å²) in [5, 5.41) is 4.99. The van der Waals surface area contributed by atoms with E-state index in [-0.39, 0.29) is 11.2 Å². The van der Waals surface area contributed by atoms with Gasteiger partial charge in [-0.2, -0.15) is 5.10 Å². The highest BCUT2D eigenvalue weighted by molar-refractivity contribution is 6.33. The lowest BCUT2D eigenvalue weighted by atomic mass is 9.91. The van der Waals surface area contributed by atoms with E-state index in [0.717, 1.165) is 17.7 Å². The van der Waals surface area contributed by atoms with Crippen LogP contribution in [0.5, 0.6) is 0 Å². The second kappa shape index (κ2) is 5.44. The van der Waals surface area contributed by atoms with Gasteiger partial charge >= 0.3 is 0 Å². The molecule has 0 spiro atoms. The second-order valence-corrected chi connectivity index (χ2v) is 6.55. The molecule has 0 saturated carbocycles. The van der Waals surface area contributed by atoms with Crippen molar-refractivity contribution in [2.45, 2.75) is 33.7 Å². The van der Waals surface area contributed by atoms with Crippen LogP contribution in [0.25, 0.3) is 0 Å². The lowest BCUT2D eigenvalue weighted by Crippen LogP contribution is -2.11. The zero-order valence-corrected chi connectivity index (χ0v) is 12.7. The van der Waals surface area contributed by atoms with E-state index in [0.29, 0.717) is 17.4 Å². The summed E-state index contributed by atoms with van der Waals surface area (Å²) in [5.41, 5.74) is 7.82. The van der Waals surface area contributed by atoms with Crippen LogP contribution >= 0.6 is 11.6 Å². The third kappa shape index (κ3) is 3.51. The fraction of sp³-hybridized carbons (Fsp3) is 0.400. The first-order chi connectivity index (χ1) is 9.26. The Labute approximate surface area is 123 Å². The molecular formula is C15H19ClFN3. The maximum Gasteiger partial charge on any atom is 0.141 e. The van der Waals surface area contributed by atoms with Crippen LogP contribution in [-0.4, -0.2) is 9.78 Å². The average molecular weight is 296 g/mol. The van der Waals surface area contributed by atoms with Crippen LogP contribution in [-0.2, 0) is 13.0 Å². The number of rotatable bonds is 3. The van der Waals surface area contributed by atoms with E-state index in [2.05, 4.69) is 25.9 Å². The largest absolute Gasteiger partial charge is 0.383 e. The lowest BCUT2D eigenvalue weighted by Gasteiger charge is -2.16. The Kier molecular flexibility index (Phi) is 4.04. The number of nitrogens with two attached hydrogens (primary N) is 1. The Balaban J connectivity index is 2.24. The molecule has 2 rings (SSSR count). The van der Waals surface area contributed by atoms with Crippen molar-refractivity contribution in [2.24, 2.45) is 5.41 Å². The highest BCUT2D eigenvalue weighted by Crippen LogP contribution is 2.29. The van der Waals surface area contributed by atoms with Crippen molar-refractivity contribution in [1.29, 1.82) is 0 Å². The summed E-state index contributed by atoms with van der Waals surface area (Å²) in [4.78, 5) is 0. The van der Waals surface area contributed by atoms with Crippen molar-refractivity contribution < 1.29 is 4.39 Å². The quantitative estimate of drug-likeness (QED) is 0.933. The van der Waals surface area contributed by atoms with Gasteiger partial charge in [-0.3, -0.25) is 0 Å². The zero-order valence-electron chi connectivity index (χ0n) is 12.0. The molecule has 2 N–H and O–H groups in total. The number of benzene rings is 1. The van der Waals surface area contributed by atoms with Crippen molar-refractivity contribution in [2.75, 3.05) is 5.73 Å². The van der Waals surface area contributed by atoms with Crippen LogP contribution in [0.1, 0.15) is 32.0 Å². The monoisotopic (exact) mass is 295 g/mol. The van der Waals surface area contributed by atoms with Crippen molar-refractivity contribution in [3.63, 3.8) is 0 Å². The van der Waals surface area contributed by atoms with Crippen LogP contribution < -0.4 is 5.73 Å². The van der Waals surface area contributed by atoms with Crippen molar-refractivity contribution in [3.05, 3.63) is 46.4 Å². The van der Waals surface area contributed by atoms with Crippen LogP contribution in [0.15, 0.2) is 24.3 Å². The molecular weight excluding hydrogens is 277 g/mol. The van der Waals surface area contributed by atoms with E-state index in [1.807, 2.05) is 0 Å². The Bertz CT molecular complexity index is 597. The first-order valence-electron chi connectivity index (χ1n) is 6.51. The molecule has 2 aromatic rings. The number of hydrogen-bond donors (Lipinski definition) is 1. The molecule has 1 aromatic heterocycles. The van der Waals surface area contributed by atoms with Crippen molar-refractivity contribution in [3.8, 4) is 0 Å². The number of nitrogens with zero attached hydrogens (tertiary/aromatic N) is 2. The van der Waals surface area contributed by atoms with E-state index >= 15 is 0 Å². The highest BCUT2D eigenvalue weighted by Gasteiger charge is 2.20. The number of anilines is 1. The molecule has 108 valence electrons. The van der Waals surface area contributed by atoms with Crippen LogP contribution in [0.3, 0.4) is 0 Å².